The molecule has 0 saturated carbocycles. The zero-order valence-electron chi connectivity index (χ0n) is 15.7. The van der Waals surface area contributed by atoms with Crippen molar-refractivity contribution in [3.8, 4) is 0 Å². The van der Waals surface area contributed by atoms with Crippen LogP contribution in [0.5, 0.6) is 0 Å². The number of fused-ring (bicyclic) bond motifs is 1. The van der Waals surface area contributed by atoms with Crippen molar-refractivity contribution in [2.24, 2.45) is 4.99 Å². The van der Waals surface area contributed by atoms with Crippen molar-refractivity contribution in [3.63, 3.8) is 0 Å². The van der Waals surface area contributed by atoms with Crippen molar-refractivity contribution >= 4 is 28.7 Å². The fourth-order valence-electron chi connectivity index (χ4n) is 3.78. The number of imidazole rings is 1. The number of halogens is 1. The number of H-pyrrole nitrogens is 1. The Hall–Kier alpha value is -3.52. The number of likely N-dealkylation sites (N-methyl/N-ethyl adjacent to an activating group) is 1. The molecule has 1 atom stereocenters. The number of benzene rings is 2. The van der Waals surface area contributed by atoms with Gasteiger partial charge in [0.05, 0.1) is 17.6 Å². The fraction of sp³-hybridized carbons (Fsp3) is 0.190. The number of carbonyl (C=O) groups is 1. The number of para-hydroxylation sites is 2. The van der Waals surface area contributed by atoms with Crippen molar-refractivity contribution in [2.75, 3.05) is 25.5 Å². The first kappa shape index (κ1) is 17.6. The third-order valence-electron chi connectivity index (χ3n) is 5.08. The Morgan fingerprint density at radius 3 is 2.72 bits per heavy atom. The highest BCUT2D eigenvalue weighted by Crippen LogP contribution is 2.33. The van der Waals surface area contributed by atoms with Crippen LogP contribution in [0, 0.1) is 5.82 Å². The van der Waals surface area contributed by atoms with E-state index in [9.17, 15) is 9.18 Å². The van der Waals surface area contributed by atoms with E-state index in [1.807, 2.05) is 36.2 Å². The van der Waals surface area contributed by atoms with Gasteiger partial charge in [-0.1, -0.05) is 24.3 Å². The summed E-state index contributed by atoms with van der Waals surface area (Å²) in [6.07, 6.45) is 0. The summed E-state index contributed by atoms with van der Waals surface area (Å²) in [5.41, 5.74) is 3.95. The van der Waals surface area contributed by atoms with Gasteiger partial charge in [-0.2, -0.15) is 0 Å². The Balaban J connectivity index is 1.53. The largest absolute Gasteiger partial charge is 0.328 e. The summed E-state index contributed by atoms with van der Waals surface area (Å²) in [5, 5.41) is 6.42. The number of ketones is 1. The molecule has 2 aromatic carbocycles. The summed E-state index contributed by atoms with van der Waals surface area (Å²) in [6.45, 7) is 0.930. The Labute approximate surface area is 166 Å². The highest BCUT2D eigenvalue weighted by Gasteiger charge is 2.34. The van der Waals surface area contributed by atoms with Crippen LogP contribution in [0.15, 0.2) is 64.8 Å². The maximum absolute atomic E-state index is 13.4. The minimum atomic E-state index is -0.500. The molecule has 8 heteroatoms. The second-order valence-corrected chi connectivity index (χ2v) is 7.27. The van der Waals surface area contributed by atoms with E-state index in [0.29, 0.717) is 30.6 Å². The fourth-order valence-corrected chi connectivity index (χ4v) is 3.78. The van der Waals surface area contributed by atoms with Crippen LogP contribution in [0.2, 0.25) is 0 Å². The highest BCUT2D eigenvalue weighted by atomic mass is 19.1. The first-order valence-electron chi connectivity index (χ1n) is 9.33. The van der Waals surface area contributed by atoms with Crippen molar-refractivity contribution in [2.45, 2.75) is 6.04 Å². The number of guanidine groups is 1. The highest BCUT2D eigenvalue weighted by molar-refractivity contribution is 6.04. The van der Waals surface area contributed by atoms with E-state index in [1.165, 1.54) is 12.1 Å². The molecule has 0 radical (unpaired) electrons. The van der Waals surface area contributed by atoms with Crippen LogP contribution in [-0.2, 0) is 4.79 Å². The Morgan fingerprint density at radius 1 is 1.14 bits per heavy atom. The van der Waals surface area contributed by atoms with Gasteiger partial charge in [0, 0.05) is 17.8 Å². The van der Waals surface area contributed by atoms with Crippen LogP contribution < -0.4 is 10.6 Å². The maximum Gasteiger partial charge on any atom is 0.208 e. The van der Waals surface area contributed by atoms with E-state index < -0.39 is 6.04 Å². The lowest BCUT2D eigenvalue weighted by atomic mass is 9.90. The van der Waals surface area contributed by atoms with E-state index in [-0.39, 0.29) is 11.6 Å². The molecule has 3 aromatic rings. The Kier molecular flexibility index (Phi) is 4.13. The van der Waals surface area contributed by atoms with Gasteiger partial charge in [0.25, 0.3) is 0 Å². The monoisotopic (exact) mass is 390 g/mol. The number of aromatic nitrogens is 2. The molecule has 146 valence electrons. The second-order valence-electron chi connectivity index (χ2n) is 7.27. The molecule has 0 spiro atoms. The number of aromatic amines is 1. The maximum atomic E-state index is 13.4. The summed E-state index contributed by atoms with van der Waals surface area (Å²) < 4.78 is 13.4. The van der Waals surface area contributed by atoms with E-state index in [1.54, 1.807) is 12.1 Å². The smallest absolute Gasteiger partial charge is 0.208 e. The minimum absolute atomic E-state index is 0.0158. The quantitative estimate of drug-likeness (QED) is 0.626. The average molecular weight is 390 g/mol. The van der Waals surface area contributed by atoms with Crippen LogP contribution in [0.3, 0.4) is 0 Å². The van der Waals surface area contributed by atoms with E-state index in [2.05, 4.69) is 20.6 Å². The van der Waals surface area contributed by atoms with Crippen LogP contribution in [-0.4, -0.2) is 46.7 Å². The number of Topliss-reactive ketones (excluding diaryl/α,β-unsaturated/α-hetero) is 1. The van der Waals surface area contributed by atoms with Crippen molar-refractivity contribution in [1.82, 2.24) is 20.2 Å². The molecule has 0 saturated heterocycles. The molecule has 0 aliphatic carbocycles. The molecule has 0 fully saturated rings. The Bertz CT molecular complexity index is 1130. The lowest BCUT2D eigenvalue weighted by molar-refractivity contribution is -0.117. The average Bonchev–Trinajstić information content (AvgIpc) is 3.09. The first-order chi connectivity index (χ1) is 14.1. The van der Waals surface area contributed by atoms with Crippen molar-refractivity contribution in [1.29, 1.82) is 0 Å². The van der Waals surface area contributed by atoms with Gasteiger partial charge in [-0.05, 0) is 36.9 Å². The SMILES string of the molecule is CN1CC(=O)C2=C(C1)NC(Nc1nc3ccccc3[nH]1)=NC2c1ccc(F)cc1. The standard InChI is InChI=1S/C21H19FN6O/c1-28-10-16-18(17(29)11-28)19(12-6-8-13(22)9-7-12)26-21(25-16)27-20-23-14-4-2-3-5-15(14)24-20/h2-9,19H,10-11H2,1H3,(H3,23,24,25,26,27). The molecular weight excluding hydrogens is 371 g/mol. The molecule has 0 bridgehead atoms. The number of nitrogens with one attached hydrogen (secondary N) is 3. The molecule has 5 rings (SSSR count). The molecule has 1 unspecified atom stereocenters. The van der Waals surface area contributed by atoms with Gasteiger partial charge < -0.3 is 10.3 Å². The van der Waals surface area contributed by atoms with E-state index in [4.69, 9.17) is 4.99 Å². The molecule has 29 heavy (non-hydrogen) atoms. The van der Waals surface area contributed by atoms with Crippen LogP contribution in [0.1, 0.15) is 11.6 Å². The summed E-state index contributed by atoms with van der Waals surface area (Å²) in [5.74, 6) is 0.730. The lowest BCUT2D eigenvalue weighted by Gasteiger charge is -2.34. The third kappa shape index (κ3) is 3.27. The molecule has 7 nitrogen and oxygen atoms in total. The van der Waals surface area contributed by atoms with Gasteiger partial charge >= 0.3 is 0 Å². The van der Waals surface area contributed by atoms with Gasteiger partial charge in [-0.25, -0.2) is 14.4 Å². The van der Waals surface area contributed by atoms with Crippen LogP contribution >= 0.6 is 0 Å². The molecular formula is C21H19FN6O. The number of aliphatic imine (C=N–C) groups is 1. The number of rotatable bonds is 2. The van der Waals surface area contributed by atoms with Crippen molar-refractivity contribution in [3.05, 3.63) is 71.2 Å². The van der Waals surface area contributed by atoms with Gasteiger partial charge in [0.15, 0.2) is 5.78 Å². The number of hydrogen-bond donors (Lipinski definition) is 3. The molecule has 3 heterocycles. The molecule has 3 N–H and O–H groups in total. The number of anilines is 1. The summed E-state index contributed by atoms with van der Waals surface area (Å²) in [7, 11) is 1.90. The number of nitrogens with zero attached hydrogens (tertiary/aromatic N) is 3. The zero-order valence-corrected chi connectivity index (χ0v) is 15.7. The second kappa shape index (κ2) is 6.82. The summed E-state index contributed by atoms with van der Waals surface area (Å²) in [4.78, 5) is 27.1. The third-order valence-corrected chi connectivity index (χ3v) is 5.08. The van der Waals surface area contributed by atoms with Crippen LogP contribution in [0.25, 0.3) is 11.0 Å². The topological polar surface area (TPSA) is 85.4 Å². The van der Waals surface area contributed by atoms with Gasteiger partial charge in [0.1, 0.15) is 11.9 Å². The molecule has 2 aliphatic rings. The first-order valence-corrected chi connectivity index (χ1v) is 9.33. The summed E-state index contributed by atoms with van der Waals surface area (Å²) >= 11 is 0. The molecule has 1 aromatic heterocycles. The number of carbonyl (C=O) groups excluding carboxylic acids is 1. The van der Waals surface area contributed by atoms with Crippen LogP contribution in [0.4, 0.5) is 10.3 Å². The predicted molar refractivity (Wildman–Crippen MR) is 109 cm³/mol. The zero-order chi connectivity index (χ0) is 20.0. The Morgan fingerprint density at radius 2 is 1.93 bits per heavy atom. The summed E-state index contributed by atoms with van der Waals surface area (Å²) in [6, 6.07) is 13.3. The van der Waals surface area contributed by atoms with Gasteiger partial charge in [-0.15, -0.1) is 0 Å². The molecule has 0 amide bonds. The minimum Gasteiger partial charge on any atom is -0.328 e. The lowest BCUT2D eigenvalue weighted by Crippen LogP contribution is -2.46. The number of hydrogen-bond acceptors (Lipinski definition) is 6. The predicted octanol–water partition coefficient (Wildman–Crippen LogP) is 2.58. The van der Waals surface area contributed by atoms with E-state index >= 15 is 0 Å². The van der Waals surface area contributed by atoms with Gasteiger partial charge in [-0.3, -0.25) is 15.0 Å². The van der Waals surface area contributed by atoms with Gasteiger partial charge in [0.2, 0.25) is 11.9 Å². The van der Waals surface area contributed by atoms with E-state index in [0.717, 1.165) is 22.3 Å². The normalized spacial score (nSPS) is 19.7. The van der Waals surface area contributed by atoms with Crippen molar-refractivity contribution < 1.29 is 9.18 Å². The molecule has 2 aliphatic heterocycles.